The van der Waals surface area contributed by atoms with E-state index in [1.165, 1.54) is 31.4 Å². The maximum absolute atomic E-state index is 12.8. The molecule has 14 heteroatoms. The fourth-order valence-corrected chi connectivity index (χ4v) is 4.17. The average Bonchev–Trinajstić information content (AvgIpc) is 2.73. The molecule has 0 bridgehead atoms. The molecule has 1 heterocycles. The van der Waals surface area contributed by atoms with Crippen LogP contribution in [-0.2, 0) is 24.3 Å². The predicted molar refractivity (Wildman–Crippen MR) is 102 cm³/mol. The van der Waals surface area contributed by atoms with Crippen LogP contribution >= 0.6 is 0 Å². The van der Waals surface area contributed by atoms with Crippen molar-refractivity contribution in [2.24, 2.45) is 0 Å². The first-order chi connectivity index (χ1) is 14.5. The Morgan fingerprint density at radius 2 is 1.84 bits per heavy atom. The average molecular weight is 482 g/mol. The minimum absolute atomic E-state index is 0. The number of carboxylic acids is 1. The Kier molecular flexibility index (Phi) is 10.6. The largest absolute Gasteiger partial charge is 1.00 e. The third-order valence-corrected chi connectivity index (χ3v) is 5.96. The molecule has 1 aromatic rings. The van der Waals surface area contributed by atoms with Crippen molar-refractivity contribution in [3.05, 3.63) is 36.1 Å². The molecular weight excluding hydrogens is 459 g/mol. The minimum Gasteiger partial charge on any atom is -0.542 e. The van der Waals surface area contributed by atoms with Crippen molar-refractivity contribution in [2.45, 2.75) is 42.2 Å². The van der Waals surface area contributed by atoms with Crippen LogP contribution in [0.1, 0.15) is 6.92 Å². The number of aliphatic carboxylic acids is 1. The number of ether oxygens (including phenoxy) is 2. The number of benzene rings is 1. The van der Waals surface area contributed by atoms with Crippen LogP contribution in [0.2, 0.25) is 0 Å². The van der Waals surface area contributed by atoms with Gasteiger partial charge >= 0.3 is 29.6 Å². The van der Waals surface area contributed by atoms with E-state index in [-0.39, 0.29) is 34.5 Å². The summed E-state index contributed by atoms with van der Waals surface area (Å²) >= 11 is 0. The molecule has 0 radical (unpaired) electrons. The van der Waals surface area contributed by atoms with Crippen molar-refractivity contribution in [3.8, 4) is 5.75 Å². The van der Waals surface area contributed by atoms with Gasteiger partial charge in [-0.1, -0.05) is 0 Å². The minimum atomic E-state index is -4.24. The summed E-state index contributed by atoms with van der Waals surface area (Å²) in [6, 6.07) is 2.54. The normalized spacial score (nSPS) is 22.4. The Hall–Kier alpha value is -1.71. The van der Waals surface area contributed by atoms with Crippen molar-refractivity contribution in [1.82, 2.24) is 10.0 Å². The summed E-state index contributed by atoms with van der Waals surface area (Å²) < 4.78 is 38.0. The molecule has 5 N–H and O–H groups in total. The van der Waals surface area contributed by atoms with E-state index in [1.807, 2.05) is 0 Å². The van der Waals surface area contributed by atoms with Gasteiger partial charge in [0.1, 0.15) is 35.8 Å². The molecular formula is C18H23N2NaO10S. The number of hydrogen-bond acceptors (Lipinski definition) is 10. The first-order valence-corrected chi connectivity index (χ1v) is 10.5. The Morgan fingerprint density at radius 3 is 2.31 bits per heavy atom. The second kappa shape index (κ2) is 12.0. The second-order valence-electron chi connectivity index (χ2n) is 6.69. The van der Waals surface area contributed by atoms with Gasteiger partial charge in [-0.05, 0) is 30.3 Å². The fourth-order valence-electron chi connectivity index (χ4n) is 2.97. The standard InChI is InChI=1S/C18H24N2O10S.Na/c1-9(22)19-15-12(20-31(27,28)11-5-3-10(29-2)4-6-11)7-14(18(25)26)30-17(15)16(24)13(23)8-21;/h3-7,12-13,15-17,20-21,23-24H,8H2,1-2H3,(H,19,22)(H,25,26);/q;+1/p-1/t12-,13+,15+,16+,17+;/m0./s1. The van der Waals surface area contributed by atoms with Crippen LogP contribution in [0.5, 0.6) is 5.75 Å². The number of amides is 1. The van der Waals surface area contributed by atoms with E-state index >= 15 is 0 Å². The zero-order valence-electron chi connectivity index (χ0n) is 17.6. The first-order valence-electron chi connectivity index (χ1n) is 9.00. The Bertz CT molecular complexity index is 938. The maximum Gasteiger partial charge on any atom is 1.00 e. The summed E-state index contributed by atoms with van der Waals surface area (Å²) in [6.07, 6.45) is -4.41. The number of aliphatic hydroxyl groups is 3. The number of nitrogens with one attached hydrogen (secondary N) is 2. The molecule has 0 aliphatic carbocycles. The van der Waals surface area contributed by atoms with Gasteiger partial charge in [0.25, 0.3) is 0 Å². The third kappa shape index (κ3) is 6.89. The van der Waals surface area contributed by atoms with Crippen LogP contribution in [0.4, 0.5) is 0 Å². The Balaban J connectivity index is 0.00000512. The zero-order valence-corrected chi connectivity index (χ0v) is 20.4. The van der Waals surface area contributed by atoms with Crippen LogP contribution in [0.15, 0.2) is 41.0 Å². The predicted octanol–water partition coefficient (Wildman–Crippen LogP) is -6.40. The number of carbonyl (C=O) groups excluding carboxylic acids is 2. The van der Waals surface area contributed by atoms with Gasteiger partial charge in [0.05, 0.1) is 30.7 Å². The zero-order chi connectivity index (χ0) is 23.3. The maximum atomic E-state index is 12.8. The molecule has 0 fully saturated rings. The van der Waals surface area contributed by atoms with E-state index in [0.29, 0.717) is 5.75 Å². The number of aliphatic hydroxyl groups excluding tert-OH is 3. The smallest absolute Gasteiger partial charge is 0.542 e. The van der Waals surface area contributed by atoms with Gasteiger partial charge in [-0.2, -0.15) is 0 Å². The molecule has 1 aromatic carbocycles. The van der Waals surface area contributed by atoms with Crippen molar-refractivity contribution < 1.29 is 77.5 Å². The molecule has 172 valence electrons. The first kappa shape index (κ1) is 28.3. The van der Waals surface area contributed by atoms with E-state index in [4.69, 9.17) is 14.6 Å². The molecule has 32 heavy (non-hydrogen) atoms. The van der Waals surface area contributed by atoms with Crippen LogP contribution in [-0.4, -0.2) is 79.7 Å². The molecule has 0 saturated heterocycles. The molecule has 12 nitrogen and oxygen atoms in total. The molecule has 5 atom stereocenters. The molecule has 2 rings (SSSR count). The molecule has 0 spiro atoms. The van der Waals surface area contributed by atoms with Crippen LogP contribution in [0.3, 0.4) is 0 Å². The van der Waals surface area contributed by atoms with Crippen LogP contribution in [0, 0.1) is 0 Å². The molecule has 0 aromatic heterocycles. The number of carboxylic acid groups (broad SMARTS) is 1. The van der Waals surface area contributed by atoms with Crippen molar-refractivity contribution >= 4 is 21.9 Å². The van der Waals surface area contributed by atoms with Crippen molar-refractivity contribution in [3.63, 3.8) is 0 Å². The third-order valence-electron chi connectivity index (χ3n) is 4.48. The Morgan fingerprint density at radius 1 is 1.25 bits per heavy atom. The van der Waals surface area contributed by atoms with E-state index in [9.17, 15) is 33.3 Å². The number of methoxy groups -OCH3 is 1. The van der Waals surface area contributed by atoms with Gasteiger partial charge < -0.3 is 40.0 Å². The van der Waals surface area contributed by atoms with E-state index in [2.05, 4.69) is 10.0 Å². The van der Waals surface area contributed by atoms with Crippen LogP contribution in [0.25, 0.3) is 0 Å². The molecule has 0 saturated carbocycles. The SMILES string of the molecule is COc1ccc(S(=O)(=O)N[C@H]2C=C(C(=O)[O-])O[C@@H]([C@H](O)[C@H](O)CO)[C@@H]2NC(C)=O)cc1.[Na+]. The molecule has 1 aliphatic rings. The van der Waals surface area contributed by atoms with Crippen LogP contribution < -0.4 is 49.4 Å². The Labute approximate surface area is 206 Å². The summed E-state index contributed by atoms with van der Waals surface area (Å²) in [5, 5.41) is 42.9. The number of hydrogen-bond donors (Lipinski definition) is 5. The summed E-state index contributed by atoms with van der Waals surface area (Å²) in [5.74, 6) is -2.88. The number of carbonyl (C=O) groups is 2. The van der Waals surface area contributed by atoms with E-state index in [1.54, 1.807) is 0 Å². The van der Waals surface area contributed by atoms with E-state index < -0.39 is 64.7 Å². The van der Waals surface area contributed by atoms with Gasteiger partial charge in [0, 0.05) is 6.92 Å². The fraction of sp³-hybridized carbons (Fsp3) is 0.444. The summed E-state index contributed by atoms with van der Waals surface area (Å²) in [6.45, 7) is 0.208. The molecule has 1 aliphatic heterocycles. The number of rotatable bonds is 9. The number of sulfonamides is 1. The monoisotopic (exact) mass is 482 g/mol. The van der Waals surface area contributed by atoms with Gasteiger partial charge in [0.2, 0.25) is 15.9 Å². The van der Waals surface area contributed by atoms with Gasteiger partial charge in [-0.3, -0.25) is 4.79 Å². The summed E-state index contributed by atoms with van der Waals surface area (Å²) in [5.41, 5.74) is 0. The van der Waals surface area contributed by atoms with Gasteiger partial charge in [-0.15, -0.1) is 0 Å². The summed E-state index contributed by atoms with van der Waals surface area (Å²) in [4.78, 5) is 22.9. The van der Waals surface area contributed by atoms with Gasteiger partial charge in [-0.25, -0.2) is 13.1 Å². The quantitative estimate of drug-likeness (QED) is 0.211. The van der Waals surface area contributed by atoms with E-state index in [0.717, 1.165) is 13.0 Å². The van der Waals surface area contributed by atoms with Gasteiger partial charge in [0.15, 0.2) is 0 Å². The van der Waals surface area contributed by atoms with Crippen molar-refractivity contribution in [1.29, 1.82) is 0 Å². The summed E-state index contributed by atoms with van der Waals surface area (Å²) in [7, 11) is -2.84. The molecule has 0 unspecified atom stereocenters. The second-order valence-corrected chi connectivity index (χ2v) is 8.40. The topological polar surface area (TPSA) is 195 Å². The van der Waals surface area contributed by atoms with Crippen molar-refractivity contribution in [2.75, 3.05) is 13.7 Å². The molecule has 1 amide bonds.